The van der Waals surface area contributed by atoms with E-state index in [4.69, 9.17) is 19.2 Å². The van der Waals surface area contributed by atoms with Gasteiger partial charge in [0.2, 0.25) is 5.91 Å². The third-order valence-electron chi connectivity index (χ3n) is 5.94. The fourth-order valence-corrected chi connectivity index (χ4v) is 4.41. The van der Waals surface area contributed by atoms with Crippen LogP contribution in [0.2, 0.25) is 0 Å². The van der Waals surface area contributed by atoms with E-state index in [2.05, 4.69) is 33.4 Å². The molecule has 0 saturated carbocycles. The number of nitrogens with one attached hydrogen (secondary N) is 1. The van der Waals surface area contributed by atoms with Crippen LogP contribution in [0.1, 0.15) is 32.3 Å². The number of halogens is 1. The van der Waals surface area contributed by atoms with E-state index in [-0.39, 0.29) is 24.0 Å². The molecule has 9 heteroatoms. The molecule has 1 aromatic rings. The molecule has 0 bridgehead atoms. The normalized spacial score (nSPS) is 21.1. The molecule has 8 nitrogen and oxygen atoms in total. The number of ether oxygens (including phenoxy) is 3. The van der Waals surface area contributed by atoms with Crippen LogP contribution in [0.3, 0.4) is 0 Å². The van der Waals surface area contributed by atoms with Crippen molar-refractivity contribution in [3.8, 4) is 0 Å². The summed E-state index contributed by atoms with van der Waals surface area (Å²) in [5.74, 6) is -0.259. The minimum absolute atomic E-state index is 0.104. The molecule has 2 aliphatic rings. The minimum atomic E-state index is -0.696. The first-order valence-corrected chi connectivity index (χ1v) is 11.9. The summed E-state index contributed by atoms with van der Waals surface area (Å²) in [7, 11) is 2.92. The first kappa shape index (κ1) is 25.4. The van der Waals surface area contributed by atoms with Crippen molar-refractivity contribution in [3.63, 3.8) is 0 Å². The Morgan fingerprint density at radius 3 is 2.58 bits per heavy atom. The summed E-state index contributed by atoms with van der Waals surface area (Å²) < 4.78 is 16.8. The molecule has 0 unspecified atom stereocenters. The first-order valence-electron chi connectivity index (χ1n) is 11.1. The maximum absolute atomic E-state index is 13.6. The van der Waals surface area contributed by atoms with Crippen LogP contribution in [0.15, 0.2) is 39.9 Å². The maximum atomic E-state index is 13.6. The summed E-state index contributed by atoms with van der Waals surface area (Å²) in [6, 6.07) is 7.22. The number of nitrogens with zero attached hydrogens (tertiary/aromatic N) is 2. The molecule has 33 heavy (non-hydrogen) atoms. The number of likely N-dealkylation sites (tertiary alicyclic amines) is 1. The number of hydrogen-bond donors (Lipinski definition) is 1. The monoisotopic (exact) mass is 521 g/mol. The van der Waals surface area contributed by atoms with Crippen molar-refractivity contribution in [2.45, 2.75) is 44.9 Å². The van der Waals surface area contributed by atoms with Crippen molar-refractivity contribution in [2.24, 2.45) is 10.9 Å². The zero-order chi connectivity index (χ0) is 24.0. The third kappa shape index (κ3) is 6.43. The highest BCUT2D eigenvalue weighted by atomic mass is 79.9. The van der Waals surface area contributed by atoms with Crippen LogP contribution in [-0.2, 0) is 19.0 Å². The molecule has 180 valence electrons. The van der Waals surface area contributed by atoms with Gasteiger partial charge in [-0.1, -0.05) is 41.9 Å². The smallest absolute Gasteiger partial charge is 0.407 e. The molecule has 0 aromatic heterocycles. The predicted octanol–water partition coefficient (Wildman–Crippen LogP) is 3.65. The summed E-state index contributed by atoms with van der Waals surface area (Å²) in [5.41, 5.74) is 3.15. The Labute approximate surface area is 203 Å². The highest BCUT2D eigenvalue weighted by molar-refractivity contribution is 9.10. The zero-order valence-electron chi connectivity index (χ0n) is 19.5. The molecule has 3 rings (SSSR count). The highest BCUT2D eigenvalue weighted by Gasteiger charge is 2.42. The number of carbonyl (C=O) groups excluding carboxylic acids is 2. The fraction of sp³-hybridized carbons (Fsp3) is 0.542. The van der Waals surface area contributed by atoms with Crippen LogP contribution in [0.5, 0.6) is 0 Å². The van der Waals surface area contributed by atoms with Gasteiger partial charge >= 0.3 is 6.09 Å². The molecule has 1 fully saturated rings. The number of carbonyl (C=O) groups is 2. The van der Waals surface area contributed by atoms with E-state index in [1.807, 2.05) is 32.2 Å². The SMILES string of the molecule is COCCO[C@H]1C[C@@H](C2=NC=C(c3ccc(Br)cc3)C2)N(C(=O)[C@@H](NC(=O)OC)C(C)C)C1. The average Bonchev–Trinajstić information content (AvgIpc) is 3.45. The maximum Gasteiger partial charge on any atom is 0.407 e. The van der Waals surface area contributed by atoms with Crippen molar-refractivity contribution < 1.29 is 23.8 Å². The lowest BCUT2D eigenvalue weighted by atomic mass is 9.97. The number of alkyl carbamates (subject to hydrolysis) is 1. The number of hydrogen-bond acceptors (Lipinski definition) is 6. The van der Waals surface area contributed by atoms with Crippen LogP contribution >= 0.6 is 15.9 Å². The van der Waals surface area contributed by atoms with Crippen LogP contribution in [0.25, 0.3) is 5.57 Å². The van der Waals surface area contributed by atoms with E-state index in [9.17, 15) is 9.59 Å². The van der Waals surface area contributed by atoms with Gasteiger partial charge in [-0.25, -0.2) is 4.79 Å². The summed E-state index contributed by atoms with van der Waals surface area (Å²) >= 11 is 3.47. The van der Waals surface area contributed by atoms with E-state index in [0.717, 1.165) is 21.3 Å². The number of allylic oxidation sites excluding steroid dienone is 1. The van der Waals surface area contributed by atoms with Gasteiger partial charge in [0.25, 0.3) is 0 Å². The number of rotatable bonds is 9. The lowest BCUT2D eigenvalue weighted by Crippen LogP contribution is -2.53. The Bertz CT molecular complexity index is 900. The summed E-state index contributed by atoms with van der Waals surface area (Å²) in [4.78, 5) is 31.9. The molecule has 2 aliphatic heterocycles. The second-order valence-corrected chi connectivity index (χ2v) is 9.46. The van der Waals surface area contributed by atoms with Gasteiger partial charge in [0.1, 0.15) is 6.04 Å². The molecule has 0 radical (unpaired) electrons. The van der Waals surface area contributed by atoms with Gasteiger partial charge in [0.05, 0.1) is 32.5 Å². The van der Waals surface area contributed by atoms with Gasteiger partial charge in [0.15, 0.2) is 0 Å². The average molecular weight is 522 g/mol. The predicted molar refractivity (Wildman–Crippen MR) is 130 cm³/mol. The quantitative estimate of drug-likeness (QED) is 0.501. The van der Waals surface area contributed by atoms with Crippen molar-refractivity contribution >= 4 is 39.2 Å². The van der Waals surface area contributed by atoms with E-state index >= 15 is 0 Å². The van der Waals surface area contributed by atoms with Crippen LogP contribution in [0.4, 0.5) is 4.79 Å². The van der Waals surface area contributed by atoms with Gasteiger partial charge in [-0.3, -0.25) is 9.79 Å². The fourth-order valence-electron chi connectivity index (χ4n) is 4.15. The lowest BCUT2D eigenvalue weighted by molar-refractivity contribution is -0.134. The highest BCUT2D eigenvalue weighted by Crippen LogP contribution is 2.32. The lowest BCUT2D eigenvalue weighted by Gasteiger charge is -2.30. The Hall–Kier alpha value is -2.23. The number of benzene rings is 1. The van der Waals surface area contributed by atoms with Crippen LogP contribution < -0.4 is 5.32 Å². The van der Waals surface area contributed by atoms with E-state index in [1.165, 1.54) is 7.11 Å². The van der Waals surface area contributed by atoms with Gasteiger partial charge in [-0.2, -0.15) is 0 Å². The number of methoxy groups -OCH3 is 2. The summed E-state index contributed by atoms with van der Waals surface area (Å²) in [6.07, 6.45) is 2.45. The van der Waals surface area contributed by atoms with Crippen molar-refractivity contribution in [2.75, 3.05) is 34.0 Å². The van der Waals surface area contributed by atoms with E-state index < -0.39 is 12.1 Å². The van der Waals surface area contributed by atoms with Crippen molar-refractivity contribution in [3.05, 3.63) is 40.5 Å². The van der Waals surface area contributed by atoms with E-state index in [0.29, 0.717) is 32.6 Å². The second-order valence-electron chi connectivity index (χ2n) is 8.54. The Kier molecular flexibility index (Phi) is 9.05. The molecule has 0 aliphatic carbocycles. The molecule has 3 atom stereocenters. The third-order valence-corrected chi connectivity index (χ3v) is 6.46. The minimum Gasteiger partial charge on any atom is -0.453 e. The topological polar surface area (TPSA) is 89.5 Å². The van der Waals surface area contributed by atoms with Crippen LogP contribution in [0, 0.1) is 5.92 Å². The van der Waals surface area contributed by atoms with Gasteiger partial charge in [0, 0.05) is 42.9 Å². The Morgan fingerprint density at radius 2 is 1.94 bits per heavy atom. The van der Waals surface area contributed by atoms with E-state index in [1.54, 1.807) is 12.0 Å². The first-order chi connectivity index (χ1) is 15.8. The van der Waals surface area contributed by atoms with Gasteiger partial charge < -0.3 is 24.4 Å². The van der Waals surface area contributed by atoms with Crippen molar-refractivity contribution in [1.82, 2.24) is 10.2 Å². The van der Waals surface area contributed by atoms with Gasteiger partial charge in [-0.05, 0) is 29.2 Å². The molecule has 0 spiro atoms. The summed E-state index contributed by atoms with van der Waals surface area (Å²) in [6.45, 7) is 5.18. The number of amides is 2. The molecular formula is C24H32BrN3O5. The molecule has 2 heterocycles. The second kappa shape index (κ2) is 11.8. The Balaban J connectivity index is 1.77. The van der Waals surface area contributed by atoms with Crippen molar-refractivity contribution in [1.29, 1.82) is 0 Å². The molecular weight excluding hydrogens is 490 g/mol. The Morgan fingerprint density at radius 1 is 1.21 bits per heavy atom. The number of aliphatic imine (C=N–C) groups is 1. The molecule has 1 N–H and O–H groups in total. The standard InChI is InChI=1S/C24H32BrN3O5/c1-15(2)22(27-24(30)32-4)23(29)28-14-19(33-10-9-31-3)12-21(28)20-11-17(13-26-20)16-5-7-18(25)8-6-16/h5-8,13,15,19,21-22H,9-12,14H2,1-4H3,(H,27,30)/t19-,21-,22-/m0/s1. The molecule has 1 saturated heterocycles. The largest absolute Gasteiger partial charge is 0.453 e. The summed E-state index contributed by atoms with van der Waals surface area (Å²) in [5, 5.41) is 2.69. The molecule has 1 aromatic carbocycles. The van der Waals surface area contributed by atoms with Crippen LogP contribution in [-0.4, -0.2) is 74.8 Å². The van der Waals surface area contributed by atoms with Gasteiger partial charge in [-0.15, -0.1) is 0 Å². The zero-order valence-corrected chi connectivity index (χ0v) is 21.1. The molecule has 2 amide bonds.